The van der Waals surface area contributed by atoms with Crippen molar-refractivity contribution >= 4 is 23.7 Å². The summed E-state index contributed by atoms with van der Waals surface area (Å²) in [5.41, 5.74) is 0. The molecule has 1 aliphatic rings. The summed E-state index contributed by atoms with van der Waals surface area (Å²) in [6.45, 7) is 0. The number of para-hydroxylation sites is 6. The Morgan fingerprint density at radius 2 is 0.653 bits per heavy atom. The van der Waals surface area contributed by atoms with Gasteiger partial charge in [-0.2, -0.15) is 0 Å². The molecule has 49 heavy (non-hydrogen) atoms. The Balaban J connectivity index is 1.56. The van der Waals surface area contributed by atoms with Crippen molar-refractivity contribution in [2.24, 2.45) is 10.4 Å². The third-order valence-electron chi connectivity index (χ3n) is 7.03. The first kappa shape index (κ1) is 32.5. The van der Waals surface area contributed by atoms with Gasteiger partial charge >= 0.3 is 287 Å². The Bertz CT molecular complexity index is 1790. The van der Waals surface area contributed by atoms with Gasteiger partial charge in [-0.05, 0) is 0 Å². The van der Waals surface area contributed by atoms with Gasteiger partial charge in [0.05, 0.1) is 0 Å². The van der Waals surface area contributed by atoms with Crippen molar-refractivity contribution in [3.8, 4) is 34.5 Å². The summed E-state index contributed by atoms with van der Waals surface area (Å²) < 4.78 is 48.4. The van der Waals surface area contributed by atoms with Crippen LogP contribution in [-0.4, -0.2) is 4.55 Å². The number of hydrogen-bond donors (Lipinski definition) is 2. The molecular weight excluding hydrogens is 677 g/mol. The standard InChI is InChI=1S/C36H33N4O6P3/c37-40-47-38-48(41-31-19-7-1-8-20-31,42-32-21-9-2-10-22-32,43-33-23-11-3-12-24-33)39-49(40,44-34-25-13-4-14-26-34,45-35-27-15-5-16-28-35)46-36-29-17-6-18-30-36/h1-30,39H,37H2. The number of nitrogens with one attached hydrogen (secondary N) is 1. The van der Waals surface area contributed by atoms with E-state index >= 15 is 0 Å². The Morgan fingerprint density at radius 1 is 0.408 bits per heavy atom. The van der Waals surface area contributed by atoms with Crippen LogP contribution in [0.1, 0.15) is 0 Å². The van der Waals surface area contributed by atoms with Crippen LogP contribution in [0.15, 0.2) is 187 Å². The molecular formula is C36H33N4O6P3. The van der Waals surface area contributed by atoms with Crippen LogP contribution in [0.2, 0.25) is 0 Å². The molecule has 7 rings (SSSR count). The van der Waals surface area contributed by atoms with Crippen LogP contribution in [0.4, 0.5) is 0 Å². The van der Waals surface area contributed by atoms with Gasteiger partial charge in [-0.1, -0.05) is 0 Å². The predicted molar refractivity (Wildman–Crippen MR) is 195 cm³/mol. The van der Waals surface area contributed by atoms with Crippen molar-refractivity contribution in [1.82, 2.24) is 9.41 Å². The van der Waals surface area contributed by atoms with Gasteiger partial charge in [-0.15, -0.1) is 0 Å². The van der Waals surface area contributed by atoms with E-state index in [0.29, 0.717) is 34.5 Å². The van der Waals surface area contributed by atoms with E-state index in [9.17, 15) is 0 Å². The third kappa shape index (κ3) is 6.93. The zero-order valence-electron chi connectivity index (χ0n) is 26.1. The number of nitrogens with zero attached hydrogens (tertiary/aromatic N) is 2. The quantitative estimate of drug-likeness (QED) is 0.0947. The van der Waals surface area contributed by atoms with Gasteiger partial charge in [0.1, 0.15) is 0 Å². The predicted octanol–water partition coefficient (Wildman–Crippen LogP) is 10.5. The monoisotopic (exact) mass is 710 g/mol. The normalized spacial score (nSPS) is 18.9. The number of benzene rings is 6. The van der Waals surface area contributed by atoms with Crippen LogP contribution in [-0.2, 0) is 0 Å². The van der Waals surface area contributed by atoms with E-state index in [2.05, 4.69) is 4.86 Å². The molecule has 0 radical (unpaired) electrons. The van der Waals surface area contributed by atoms with E-state index in [1.165, 1.54) is 4.55 Å². The Hall–Kier alpha value is -5.04. The van der Waals surface area contributed by atoms with Crippen molar-refractivity contribution in [2.45, 2.75) is 0 Å². The summed E-state index contributed by atoms with van der Waals surface area (Å²) in [7, 11) is -10.5. The molecule has 0 aromatic heterocycles. The summed E-state index contributed by atoms with van der Waals surface area (Å²) in [4.78, 5) is 3.50. The van der Waals surface area contributed by atoms with Gasteiger partial charge in [0, 0.05) is 0 Å². The first-order valence-corrected chi connectivity index (χ1v) is 20.0. The molecule has 0 saturated carbocycles. The van der Waals surface area contributed by atoms with Crippen molar-refractivity contribution in [3.63, 3.8) is 0 Å². The molecule has 3 N–H and O–H groups in total. The van der Waals surface area contributed by atoms with Crippen molar-refractivity contribution < 1.29 is 27.1 Å². The van der Waals surface area contributed by atoms with Gasteiger partial charge in [0.2, 0.25) is 0 Å². The Morgan fingerprint density at radius 3 is 0.918 bits per heavy atom. The second-order valence-corrected chi connectivity index (χ2v) is 18.0. The fraction of sp³-hybridized carbons (Fsp3) is 0. The third-order valence-corrected chi connectivity index (χ3v) is 16.5. The zero-order valence-corrected chi connectivity index (χ0v) is 28.8. The van der Waals surface area contributed by atoms with E-state index in [1.54, 1.807) is 72.8 Å². The first-order valence-electron chi connectivity index (χ1n) is 15.3. The van der Waals surface area contributed by atoms with Crippen LogP contribution in [0, 0.1) is 0 Å². The van der Waals surface area contributed by atoms with E-state index in [4.69, 9.17) is 37.5 Å². The maximum atomic E-state index is 7.05. The van der Waals surface area contributed by atoms with E-state index in [0.717, 1.165) is 0 Å². The summed E-state index contributed by atoms with van der Waals surface area (Å²) in [5.74, 6) is 9.35. The fourth-order valence-corrected chi connectivity index (χ4v) is 15.4. The van der Waals surface area contributed by atoms with Gasteiger partial charge in [-0.25, -0.2) is 0 Å². The van der Waals surface area contributed by atoms with E-state index < -0.39 is 15.2 Å². The average molecular weight is 711 g/mol. The van der Waals surface area contributed by atoms with E-state index in [1.807, 2.05) is 109 Å². The van der Waals surface area contributed by atoms with E-state index in [-0.39, 0.29) is 8.52 Å². The van der Waals surface area contributed by atoms with Gasteiger partial charge in [-0.3, -0.25) is 0 Å². The van der Waals surface area contributed by atoms with Crippen LogP contribution < -0.4 is 37.8 Å². The van der Waals surface area contributed by atoms with Crippen molar-refractivity contribution in [2.75, 3.05) is 0 Å². The fourth-order valence-electron chi connectivity index (χ4n) is 4.94. The van der Waals surface area contributed by atoms with Gasteiger partial charge in [0.25, 0.3) is 0 Å². The zero-order chi connectivity index (χ0) is 33.5. The summed E-state index contributed by atoms with van der Waals surface area (Å²) in [5, 5.41) is 0. The summed E-state index contributed by atoms with van der Waals surface area (Å²) in [6.07, 6.45) is 0. The number of rotatable bonds is 12. The topological polar surface area (TPSA) is 109 Å². The molecule has 0 fully saturated rings. The molecule has 1 heterocycles. The molecule has 0 atom stereocenters. The minimum absolute atomic E-state index is 0.0775. The number of hydrazine groups is 1. The average Bonchev–Trinajstić information content (AvgIpc) is 3.13. The van der Waals surface area contributed by atoms with Crippen LogP contribution >= 0.6 is 23.7 Å². The Labute approximate surface area is 286 Å². The maximum absolute atomic E-state index is 7.05. The molecule has 13 heteroatoms. The minimum atomic E-state index is -5.33. The SMILES string of the molecule is NN1P=NP(Oc2ccccc2)(Oc2ccccc2)(Oc2ccccc2)NP1(Oc1ccccc1)(Oc1ccccc1)Oc1ccccc1. The first-order chi connectivity index (χ1) is 23.9. The molecule has 6 aromatic rings. The van der Waals surface area contributed by atoms with Crippen molar-refractivity contribution in [1.29, 1.82) is 0 Å². The van der Waals surface area contributed by atoms with Crippen LogP contribution in [0.5, 0.6) is 34.5 Å². The molecule has 0 amide bonds. The Kier molecular flexibility index (Phi) is 8.93. The molecule has 0 spiro atoms. The molecule has 0 unspecified atom stereocenters. The van der Waals surface area contributed by atoms with Crippen LogP contribution in [0.3, 0.4) is 0 Å². The number of hydrogen-bond acceptors (Lipinski definition) is 10. The van der Waals surface area contributed by atoms with Gasteiger partial charge < -0.3 is 0 Å². The summed E-state index contributed by atoms with van der Waals surface area (Å²) in [6, 6.07) is 54.7. The molecule has 6 aromatic carbocycles. The molecule has 10 nitrogen and oxygen atoms in total. The molecule has 1 aliphatic heterocycles. The van der Waals surface area contributed by atoms with Gasteiger partial charge in [0.15, 0.2) is 0 Å². The molecule has 248 valence electrons. The molecule has 0 saturated heterocycles. The molecule has 0 bridgehead atoms. The summed E-state index contributed by atoms with van der Waals surface area (Å²) >= 11 is 0. The molecule has 0 aliphatic carbocycles. The number of nitrogens with two attached hydrogens (primary N) is 1. The second-order valence-electron chi connectivity index (χ2n) is 10.7. The van der Waals surface area contributed by atoms with Crippen molar-refractivity contribution in [3.05, 3.63) is 182 Å². The second kappa shape index (κ2) is 13.5. The van der Waals surface area contributed by atoms with Crippen LogP contribution in [0.25, 0.3) is 0 Å².